The number of hydrogen-bond donors (Lipinski definition) is 6. The minimum absolute atomic E-state index is 0. The molecule has 0 bridgehead atoms. The van der Waals surface area contributed by atoms with Gasteiger partial charge >= 0.3 is 0 Å². The minimum atomic E-state index is -0.833. The maximum absolute atomic E-state index is 9.00. The Morgan fingerprint density at radius 1 is 0.619 bits per heavy atom. The van der Waals surface area contributed by atoms with Gasteiger partial charge in [-0.05, 0) is 0 Å². The van der Waals surface area contributed by atoms with Gasteiger partial charge in [-0.2, -0.15) is 0 Å². The minimum Gasteiger partial charge on any atom is -0.481 e. The fraction of sp³-hybridized carbons (Fsp3) is 0.600. The molecule has 0 aliphatic heterocycles. The van der Waals surface area contributed by atoms with Crippen molar-refractivity contribution in [1.29, 1.82) is 0 Å². The summed E-state index contributed by atoms with van der Waals surface area (Å²) < 4.78 is 0. The van der Waals surface area contributed by atoms with Crippen molar-refractivity contribution in [2.24, 2.45) is 11.5 Å². The van der Waals surface area contributed by atoms with E-state index in [0.717, 1.165) is 27.7 Å². The second-order valence-corrected chi connectivity index (χ2v) is 2.65. The van der Waals surface area contributed by atoms with Gasteiger partial charge in [-0.3, -0.25) is 19.2 Å². The molecule has 0 saturated carbocycles. The van der Waals surface area contributed by atoms with Gasteiger partial charge in [0.15, 0.2) is 0 Å². The molecule has 1 radical (unpaired) electrons. The van der Waals surface area contributed by atoms with Crippen LogP contribution in [0.15, 0.2) is 0 Å². The molecule has 21 heavy (non-hydrogen) atoms. The summed E-state index contributed by atoms with van der Waals surface area (Å²) in [6.45, 7) is 5.53. The molecule has 0 saturated heterocycles. The first-order chi connectivity index (χ1) is 8.84. The third-order valence-electron chi connectivity index (χ3n) is 0.167. The predicted molar refractivity (Wildman–Crippen MR) is 71.3 cm³/mol. The largest absolute Gasteiger partial charge is 0.481 e. The molecular formula is C10H24HoN2O8. The van der Waals surface area contributed by atoms with Crippen molar-refractivity contribution in [3.05, 3.63) is 0 Å². The molecule has 0 unspecified atom stereocenters. The zero-order valence-corrected chi connectivity index (χ0v) is 14.2. The van der Waals surface area contributed by atoms with E-state index in [0.29, 0.717) is 13.1 Å². The van der Waals surface area contributed by atoms with E-state index < -0.39 is 23.9 Å². The molecule has 0 aromatic carbocycles. The number of carboxylic acid groups (broad SMARTS) is 4. The first-order valence-electron chi connectivity index (χ1n) is 5.03. The summed E-state index contributed by atoms with van der Waals surface area (Å²) >= 11 is 0. The van der Waals surface area contributed by atoms with Gasteiger partial charge in [0.2, 0.25) is 0 Å². The maximum atomic E-state index is 9.00. The average Bonchev–Trinajstić information content (AvgIpc) is 2.13. The summed E-state index contributed by atoms with van der Waals surface area (Å²) in [6, 6.07) is 0. The summed E-state index contributed by atoms with van der Waals surface area (Å²) in [6.07, 6.45) is 0. The summed E-state index contributed by atoms with van der Waals surface area (Å²) in [5, 5.41) is 29.7. The van der Waals surface area contributed by atoms with Gasteiger partial charge in [0.1, 0.15) is 0 Å². The van der Waals surface area contributed by atoms with Gasteiger partial charge < -0.3 is 31.9 Å². The van der Waals surface area contributed by atoms with Crippen molar-refractivity contribution < 1.29 is 77.3 Å². The quantitative estimate of drug-likeness (QED) is 0.268. The monoisotopic (exact) mass is 465 g/mol. The molecule has 0 aromatic rings. The third-order valence-corrected chi connectivity index (χ3v) is 0.167. The molecule has 8 N–H and O–H groups in total. The Hall–Kier alpha value is -0.940. The van der Waals surface area contributed by atoms with E-state index >= 15 is 0 Å². The van der Waals surface area contributed by atoms with Crippen LogP contribution in [0, 0.1) is 37.7 Å². The average molecular weight is 465 g/mol. The van der Waals surface area contributed by atoms with Crippen LogP contribution in [-0.2, 0) is 19.2 Å². The van der Waals surface area contributed by atoms with Crippen LogP contribution in [0.25, 0.3) is 0 Å². The molecule has 133 valence electrons. The number of aliphatic carboxylic acids is 4. The molecule has 0 aliphatic rings. The van der Waals surface area contributed by atoms with Crippen LogP contribution in [0.3, 0.4) is 0 Å². The summed E-state index contributed by atoms with van der Waals surface area (Å²) in [4.78, 5) is 36.0. The Bertz CT molecular complexity index is 195. The van der Waals surface area contributed by atoms with Gasteiger partial charge in [-0.1, -0.05) is 0 Å². The maximum Gasteiger partial charge on any atom is 0.300 e. The third kappa shape index (κ3) is 1550000. The van der Waals surface area contributed by atoms with E-state index in [9.17, 15) is 0 Å². The van der Waals surface area contributed by atoms with Crippen LogP contribution in [0.2, 0.25) is 0 Å². The Labute approximate surface area is 153 Å². The molecule has 0 aliphatic carbocycles. The summed E-state index contributed by atoms with van der Waals surface area (Å²) in [7, 11) is 0. The van der Waals surface area contributed by atoms with Crippen molar-refractivity contribution in [3.63, 3.8) is 0 Å². The van der Waals surface area contributed by atoms with Gasteiger partial charge in [0.05, 0.1) is 0 Å². The normalized spacial score (nSPS) is 6.19. The second-order valence-electron chi connectivity index (χ2n) is 2.65. The van der Waals surface area contributed by atoms with E-state index in [1.54, 1.807) is 0 Å². The van der Waals surface area contributed by atoms with Crippen molar-refractivity contribution >= 4 is 23.9 Å². The Morgan fingerprint density at radius 2 is 0.667 bits per heavy atom. The first kappa shape index (κ1) is 36.9. The van der Waals surface area contributed by atoms with Crippen LogP contribution < -0.4 is 11.5 Å². The van der Waals surface area contributed by atoms with Gasteiger partial charge in [-0.25, -0.2) is 0 Å². The molecule has 0 aromatic heterocycles. The fourth-order valence-corrected chi connectivity index (χ4v) is 0. The SMILES string of the molecule is CC(=O)O.CC(=O)O.CC(=O)O.CC(=O)O.NCCN.[Ho]. The number of rotatable bonds is 1. The van der Waals surface area contributed by atoms with Crippen molar-refractivity contribution in [1.82, 2.24) is 0 Å². The number of nitrogens with two attached hydrogens (primary N) is 2. The molecule has 0 heterocycles. The molecule has 0 amide bonds. The number of carbonyl (C=O) groups is 4. The molecule has 0 rings (SSSR count). The smallest absolute Gasteiger partial charge is 0.300 e. The zero-order valence-electron chi connectivity index (χ0n) is 12.3. The zero-order chi connectivity index (χ0) is 17.7. The Balaban J connectivity index is -0.0000000331. The molecule has 0 fully saturated rings. The van der Waals surface area contributed by atoms with Crippen molar-refractivity contribution in [2.75, 3.05) is 13.1 Å². The first-order valence-corrected chi connectivity index (χ1v) is 5.03. The van der Waals surface area contributed by atoms with Crippen molar-refractivity contribution in [2.45, 2.75) is 27.7 Å². The summed E-state index contributed by atoms with van der Waals surface area (Å²) in [5.41, 5.74) is 9.81. The Morgan fingerprint density at radius 3 is 0.667 bits per heavy atom. The molecule has 10 nitrogen and oxygen atoms in total. The van der Waals surface area contributed by atoms with Crippen molar-refractivity contribution in [3.8, 4) is 0 Å². The molecular weight excluding hydrogens is 441 g/mol. The van der Waals surface area contributed by atoms with E-state index in [1.165, 1.54) is 0 Å². The molecule has 0 atom stereocenters. The second kappa shape index (κ2) is 36.4. The van der Waals surface area contributed by atoms with E-state index in [-0.39, 0.29) is 37.7 Å². The van der Waals surface area contributed by atoms with E-state index in [4.69, 9.17) is 51.1 Å². The van der Waals surface area contributed by atoms with Gasteiger partial charge in [-0.15, -0.1) is 0 Å². The van der Waals surface area contributed by atoms with E-state index in [2.05, 4.69) is 0 Å². The van der Waals surface area contributed by atoms with Gasteiger partial charge in [0.25, 0.3) is 23.9 Å². The van der Waals surface area contributed by atoms with Crippen LogP contribution in [-0.4, -0.2) is 57.4 Å². The Kier molecular flexibility index (Phi) is 64.0. The summed E-state index contributed by atoms with van der Waals surface area (Å²) in [5.74, 6) is -3.33. The standard InChI is InChI=1S/C2H8N2.4C2H4O2.Ho/c3-1-2-4;4*1-2(3)4;/h1-4H2;4*1H3,(H,3,4);. The molecule has 0 spiro atoms. The van der Waals surface area contributed by atoms with Crippen LogP contribution in [0.1, 0.15) is 27.7 Å². The topological polar surface area (TPSA) is 201 Å². The predicted octanol–water partition coefficient (Wildman–Crippen LogP) is -0.733. The van der Waals surface area contributed by atoms with Crippen LogP contribution in [0.4, 0.5) is 0 Å². The fourth-order valence-electron chi connectivity index (χ4n) is 0. The van der Waals surface area contributed by atoms with Crippen LogP contribution >= 0.6 is 0 Å². The number of carboxylic acids is 4. The number of hydrogen-bond acceptors (Lipinski definition) is 6. The van der Waals surface area contributed by atoms with Crippen LogP contribution in [0.5, 0.6) is 0 Å². The van der Waals surface area contributed by atoms with E-state index in [1.807, 2.05) is 0 Å². The molecule has 11 heteroatoms. The van der Waals surface area contributed by atoms with Gasteiger partial charge in [0, 0.05) is 78.5 Å².